The van der Waals surface area contributed by atoms with Gasteiger partial charge in [-0.05, 0) is 30.5 Å². The predicted octanol–water partition coefficient (Wildman–Crippen LogP) is 1.06. The predicted molar refractivity (Wildman–Crippen MR) is 78.8 cm³/mol. The second-order valence-corrected chi connectivity index (χ2v) is 5.08. The first kappa shape index (κ1) is 13.5. The Balaban J connectivity index is 1.48. The van der Waals surface area contributed by atoms with Gasteiger partial charge in [0, 0.05) is 19.6 Å². The lowest BCUT2D eigenvalue weighted by molar-refractivity contribution is 0.174. The smallest absolute Gasteiger partial charge is 0.231 e. The molecule has 7 nitrogen and oxygen atoms in total. The van der Waals surface area contributed by atoms with Crippen LogP contribution < -0.4 is 20.1 Å². The van der Waals surface area contributed by atoms with Crippen LogP contribution in [-0.2, 0) is 6.54 Å². The lowest BCUT2D eigenvalue weighted by Gasteiger charge is -2.20. The SMILES string of the molecule is N=C(NCc1ccc2c(c1)OCO2)NC(=N)N1CCCC1. The number of benzene rings is 1. The highest BCUT2D eigenvalue weighted by atomic mass is 16.7. The van der Waals surface area contributed by atoms with Crippen molar-refractivity contribution >= 4 is 11.9 Å². The topological polar surface area (TPSA) is 93.5 Å². The molecule has 21 heavy (non-hydrogen) atoms. The fourth-order valence-corrected chi connectivity index (χ4v) is 2.42. The number of likely N-dealkylation sites (tertiary alicyclic amines) is 1. The van der Waals surface area contributed by atoms with E-state index >= 15 is 0 Å². The zero-order chi connectivity index (χ0) is 14.7. The van der Waals surface area contributed by atoms with Crippen LogP contribution in [0.4, 0.5) is 0 Å². The van der Waals surface area contributed by atoms with Gasteiger partial charge in [-0.2, -0.15) is 0 Å². The van der Waals surface area contributed by atoms with Crippen molar-refractivity contribution in [1.82, 2.24) is 15.5 Å². The summed E-state index contributed by atoms with van der Waals surface area (Å²) in [7, 11) is 0. The van der Waals surface area contributed by atoms with E-state index in [1.54, 1.807) is 0 Å². The molecular formula is C14H19N5O2. The first-order chi connectivity index (χ1) is 10.2. The van der Waals surface area contributed by atoms with Crippen LogP contribution in [0.15, 0.2) is 18.2 Å². The molecule has 1 aromatic rings. The minimum atomic E-state index is 0.129. The van der Waals surface area contributed by atoms with E-state index in [4.69, 9.17) is 20.3 Å². The van der Waals surface area contributed by atoms with Crippen molar-refractivity contribution in [2.75, 3.05) is 19.9 Å². The lowest BCUT2D eigenvalue weighted by Crippen LogP contribution is -2.46. The second-order valence-electron chi connectivity index (χ2n) is 5.08. The van der Waals surface area contributed by atoms with E-state index in [1.807, 2.05) is 23.1 Å². The van der Waals surface area contributed by atoms with Crippen LogP contribution in [0, 0.1) is 10.8 Å². The van der Waals surface area contributed by atoms with E-state index in [0.717, 1.165) is 43.0 Å². The Labute approximate surface area is 123 Å². The molecule has 0 unspecified atom stereocenters. The van der Waals surface area contributed by atoms with Gasteiger partial charge in [-0.15, -0.1) is 0 Å². The highest BCUT2D eigenvalue weighted by molar-refractivity contribution is 5.95. The summed E-state index contributed by atoms with van der Waals surface area (Å²) in [6.45, 7) is 2.54. The molecule has 0 aliphatic carbocycles. The van der Waals surface area contributed by atoms with Crippen LogP contribution in [0.5, 0.6) is 11.5 Å². The molecule has 0 saturated carbocycles. The van der Waals surface area contributed by atoms with Gasteiger partial charge in [0.05, 0.1) is 0 Å². The van der Waals surface area contributed by atoms with Crippen molar-refractivity contribution in [2.24, 2.45) is 0 Å². The molecule has 0 aromatic heterocycles. The van der Waals surface area contributed by atoms with Gasteiger partial charge in [-0.25, -0.2) is 0 Å². The van der Waals surface area contributed by atoms with Crippen molar-refractivity contribution < 1.29 is 9.47 Å². The highest BCUT2D eigenvalue weighted by Gasteiger charge is 2.16. The normalized spacial score (nSPS) is 15.9. The molecule has 2 aliphatic heterocycles. The van der Waals surface area contributed by atoms with Crippen molar-refractivity contribution in [3.05, 3.63) is 23.8 Å². The molecule has 2 heterocycles. The average molecular weight is 289 g/mol. The van der Waals surface area contributed by atoms with Gasteiger partial charge in [0.1, 0.15) is 0 Å². The van der Waals surface area contributed by atoms with Gasteiger partial charge in [0.25, 0.3) is 0 Å². The van der Waals surface area contributed by atoms with Gasteiger partial charge < -0.3 is 19.7 Å². The number of rotatable bonds is 2. The molecule has 7 heteroatoms. The Morgan fingerprint density at radius 2 is 1.90 bits per heavy atom. The van der Waals surface area contributed by atoms with Crippen LogP contribution in [0.25, 0.3) is 0 Å². The van der Waals surface area contributed by atoms with Gasteiger partial charge in [0.2, 0.25) is 6.79 Å². The molecule has 0 atom stereocenters. The zero-order valence-corrected chi connectivity index (χ0v) is 11.7. The van der Waals surface area contributed by atoms with Crippen LogP contribution in [0.2, 0.25) is 0 Å². The summed E-state index contributed by atoms with van der Waals surface area (Å²) in [5.74, 6) is 1.90. The molecular weight excluding hydrogens is 270 g/mol. The van der Waals surface area contributed by atoms with Gasteiger partial charge in [-0.3, -0.25) is 16.1 Å². The molecule has 1 saturated heterocycles. The summed E-state index contributed by atoms with van der Waals surface area (Å²) in [6, 6.07) is 5.69. The Morgan fingerprint density at radius 3 is 2.71 bits per heavy atom. The van der Waals surface area contributed by atoms with E-state index < -0.39 is 0 Å². The molecule has 3 rings (SSSR count). The Bertz CT molecular complexity index is 554. The molecule has 0 spiro atoms. The summed E-state index contributed by atoms with van der Waals surface area (Å²) in [4.78, 5) is 1.94. The third-order valence-electron chi connectivity index (χ3n) is 3.57. The number of hydrogen-bond acceptors (Lipinski definition) is 4. The van der Waals surface area contributed by atoms with Gasteiger partial charge in [0.15, 0.2) is 23.4 Å². The van der Waals surface area contributed by atoms with Crippen LogP contribution >= 0.6 is 0 Å². The van der Waals surface area contributed by atoms with Crippen LogP contribution in [0.3, 0.4) is 0 Å². The van der Waals surface area contributed by atoms with Gasteiger partial charge in [-0.1, -0.05) is 6.07 Å². The van der Waals surface area contributed by atoms with E-state index in [-0.39, 0.29) is 18.7 Å². The summed E-state index contributed by atoms with van der Waals surface area (Å²) < 4.78 is 10.6. The van der Waals surface area contributed by atoms with Crippen molar-refractivity contribution in [2.45, 2.75) is 19.4 Å². The Kier molecular flexibility index (Phi) is 3.81. The van der Waals surface area contributed by atoms with E-state index in [1.165, 1.54) is 0 Å². The molecule has 0 amide bonds. The molecule has 0 radical (unpaired) electrons. The molecule has 1 aromatic carbocycles. The van der Waals surface area contributed by atoms with Crippen molar-refractivity contribution in [3.63, 3.8) is 0 Å². The minimum absolute atomic E-state index is 0.129. The maximum atomic E-state index is 7.90. The molecule has 2 aliphatic rings. The van der Waals surface area contributed by atoms with Crippen LogP contribution in [0.1, 0.15) is 18.4 Å². The number of hydrogen-bond donors (Lipinski definition) is 4. The average Bonchev–Trinajstić information content (AvgIpc) is 3.15. The largest absolute Gasteiger partial charge is 0.454 e. The maximum Gasteiger partial charge on any atom is 0.231 e. The van der Waals surface area contributed by atoms with E-state index in [0.29, 0.717) is 6.54 Å². The van der Waals surface area contributed by atoms with Crippen LogP contribution in [-0.4, -0.2) is 36.7 Å². The third kappa shape index (κ3) is 3.18. The third-order valence-corrected chi connectivity index (χ3v) is 3.57. The number of ether oxygens (including phenoxy) is 2. The van der Waals surface area contributed by atoms with Gasteiger partial charge >= 0.3 is 0 Å². The Morgan fingerprint density at radius 1 is 1.14 bits per heavy atom. The zero-order valence-electron chi connectivity index (χ0n) is 11.7. The quantitative estimate of drug-likeness (QED) is 0.482. The number of fused-ring (bicyclic) bond motifs is 1. The summed E-state index contributed by atoms with van der Waals surface area (Å²) in [5.41, 5.74) is 0.999. The number of guanidine groups is 2. The van der Waals surface area contributed by atoms with E-state index in [9.17, 15) is 0 Å². The fraction of sp³-hybridized carbons (Fsp3) is 0.429. The van der Waals surface area contributed by atoms with E-state index in [2.05, 4.69) is 10.6 Å². The summed E-state index contributed by atoms with van der Waals surface area (Å²) >= 11 is 0. The first-order valence-electron chi connectivity index (χ1n) is 7.04. The molecule has 1 fully saturated rings. The highest BCUT2D eigenvalue weighted by Crippen LogP contribution is 2.32. The molecule has 4 N–H and O–H groups in total. The standard InChI is InChI=1S/C14H19N5O2/c15-13(18-14(16)19-5-1-2-6-19)17-8-10-3-4-11-12(7-10)21-9-20-11/h3-4,7H,1-2,5-6,8-9H2,(H4,15,16,17,18). The first-order valence-corrected chi connectivity index (χ1v) is 7.04. The summed E-state index contributed by atoms with van der Waals surface area (Å²) in [5, 5.41) is 21.5. The van der Waals surface area contributed by atoms with Crippen molar-refractivity contribution in [3.8, 4) is 11.5 Å². The monoisotopic (exact) mass is 289 g/mol. The summed E-state index contributed by atoms with van der Waals surface area (Å²) in [6.07, 6.45) is 2.23. The number of nitrogens with zero attached hydrogens (tertiary/aromatic N) is 1. The molecule has 112 valence electrons. The van der Waals surface area contributed by atoms with Crippen molar-refractivity contribution in [1.29, 1.82) is 10.8 Å². The second kappa shape index (κ2) is 5.90. The lowest BCUT2D eigenvalue weighted by atomic mass is 10.2. The maximum absolute atomic E-state index is 7.90. The number of nitrogens with one attached hydrogen (secondary N) is 4. The minimum Gasteiger partial charge on any atom is -0.454 e. The molecule has 0 bridgehead atoms. The Hall–Kier alpha value is -2.44. The fourth-order valence-electron chi connectivity index (χ4n) is 2.42.